The molecule has 0 aromatic heterocycles. The average molecular weight is 326 g/mol. The molecule has 2 rings (SSSR count). The molecule has 124 valence electrons. The van der Waals surface area contributed by atoms with E-state index in [-0.39, 0.29) is 17.4 Å². The quantitative estimate of drug-likeness (QED) is 0.501. The number of amides is 1. The molecule has 0 heterocycles. The van der Waals surface area contributed by atoms with E-state index in [4.69, 9.17) is 0 Å². The maximum absolute atomic E-state index is 12.7. The summed E-state index contributed by atoms with van der Waals surface area (Å²) in [7, 11) is 0. The van der Waals surface area contributed by atoms with Crippen LogP contribution >= 0.6 is 0 Å². The van der Waals surface area contributed by atoms with Gasteiger partial charge >= 0.3 is 0 Å². The number of hydrogen-bond acceptors (Lipinski definition) is 4. The summed E-state index contributed by atoms with van der Waals surface area (Å²) in [5, 5.41) is 14.0. The average Bonchev–Trinajstić information content (AvgIpc) is 2.59. The van der Waals surface area contributed by atoms with Crippen LogP contribution in [0, 0.1) is 16.0 Å². The fourth-order valence-corrected chi connectivity index (χ4v) is 2.62. The van der Waals surface area contributed by atoms with Gasteiger partial charge in [-0.25, -0.2) is 0 Å². The fourth-order valence-electron chi connectivity index (χ4n) is 2.62. The zero-order valence-electron chi connectivity index (χ0n) is 13.4. The van der Waals surface area contributed by atoms with Gasteiger partial charge in [-0.2, -0.15) is 0 Å². The van der Waals surface area contributed by atoms with Gasteiger partial charge in [-0.3, -0.25) is 19.7 Å². The van der Waals surface area contributed by atoms with Crippen LogP contribution in [0.2, 0.25) is 0 Å². The van der Waals surface area contributed by atoms with Crippen LogP contribution in [0.3, 0.4) is 0 Å². The highest BCUT2D eigenvalue weighted by Gasteiger charge is 2.31. The second-order valence-electron chi connectivity index (χ2n) is 5.51. The van der Waals surface area contributed by atoms with E-state index in [0.29, 0.717) is 11.1 Å². The van der Waals surface area contributed by atoms with Crippen molar-refractivity contribution in [2.45, 2.75) is 19.9 Å². The van der Waals surface area contributed by atoms with Crippen LogP contribution in [-0.2, 0) is 4.79 Å². The van der Waals surface area contributed by atoms with Gasteiger partial charge in [0.15, 0.2) is 5.78 Å². The van der Waals surface area contributed by atoms with Crippen molar-refractivity contribution in [3.8, 4) is 0 Å². The molecule has 0 aliphatic heterocycles. The number of Topliss-reactive ketones (excluding diaryl/α,β-unsaturated/α-hetero) is 1. The van der Waals surface area contributed by atoms with Gasteiger partial charge < -0.3 is 5.32 Å². The Hall–Kier alpha value is -3.02. The number of nitrogens with one attached hydrogen (secondary N) is 1. The molecule has 0 fully saturated rings. The third kappa shape index (κ3) is 3.84. The monoisotopic (exact) mass is 326 g/mol. The molecule has 0 unspecified atom stereocenters. The molecule has 6 heteroatoms. The third-order valence-electron chi connectivity index (χ3n) is 3.80. The summed E-state index contributed by atoms with van der Waals surface area (Å²) >= 11 is 0. The van der Waals surface area contributed by atoms with E-state index in [0.717, 1.165) is 0 Å². The van der Waals surface area contributed by atoms with Gasteiger partial charge in [0, 0.05) is 24.5 Å². The van der Waals surface area contributed by atoms with Gasteiger partial charge in [-0.05, 0) is 0 Å². The Morgan fingerprint density at radius 2 is 1.62 bits per heavy atom. The molecular weight excluding hydrogens is 308 g/mol. The number of nitro groups is 1. The smallest absolute Gasteiger partial charge is 0.274 e. The highest BCUT2D eigenvalue weighted by molar-refractivity contribution is 5.98. The molecule has 0 aliphatic rings. The molecule has 0 saturated heterocycles. The first kappa shape index (κ1) is 17.3. The molecule has 24 heavy (non-hydrogen) atoms. The Labute approximate surface area is 139 Å². The highest BCUT2D eigenvalue weighted by Crippen LogP contribution is 2.31. The predicted molar refractivity (Wildman–Crippen MR) is 89.6 cm³/mol. The van der Waals surface area contributed by atoms with Crippen molar-refractivity contribution in [3.63, 3.8) is 0 Å². The summed E-state index contributed by atoms with van der Waals surface area (Å²) in [5.74, 6) is -1.20. The predicted octanol–water partition coefficient (Wildman–Crippen LogP) is 3.29. The largest absolute Gasteiger partial charge is 0.349 e. The summed E-state index contributed by atoms with van der Waals surface area (Å²) in [6.45, 7) is 2.98. The molecule has 2 atom stereocenters. The Morgan fingerprint density at radius 1 is 1.04 bits per heavy atom. The van der Waals surface area contributed by atoms with Gasteiger partial charge in [0.25, 0.3) is 5.69 Å². The molecule has 6 nitrogen and oxygen atoms in total. The van der Waals surface area contributed by atoms with Crippen molar-refractivity contribution in [1.29, 1.82) is 0 Å². The lowest BCUT2D eigenvalue weighted by molar-refractivity contribution is -0.385. The van der Waals surface area contributed by atoms with Crippen molar-refractivity contribution in [2.24, 2.45) is 5.92 Å². The highest BCUT2D eigenvalue weighted by atomic mass is 16.6. The van der Waals surface area contributed by atoms with Crippen LogP contribution in [0.25, 0.3) is 0 Å². The minimum atomic E-state index is -0.781. The summed E-state index contributed by atoms with van der Waals surface area (Å²) in [6.07, 6.45) is 0. The lowest BCUT2D eigenvalue weighted by atomic mass is 9.87. The van der Waals surface area contributed by atoms with E-state index >= 15 is 0 Å². The topological polar surface area (TPSA) is 89.3 Å². The van der Waals surface area contributed by atoms with Crippen LogP contribution in [0.1, 0.15) is 35.8 Å². The van der Waals surface area contributed by atoms with E-state index < -0.39 is 16.9 Å². The van der Waals surface area contributed by atoms with Crippen LogP contribution in [0.4, 0.5) is 5.69 Å². The molecule has 0 bridgehead atoms. The normalized spacial score (nSPS) is 12.9. The second-order valence-corrected chi connectivity index (χ2v) is 5.51. The lowest BCUT2D eigenvalue weighted by Gasteiger charge is -2.24. The molecule has 0 spiro atoms. The van der Waals surface area contributed by atoms with E-state index in [1.165, 1.54) is 13.0 Å². The minimum absolute atomic E-state index is 0.121. The minimum Gasteiger partial charge on any atom is -0.349 e. The summed E-state index contributed by atoms with van der Waals surface area (Å²) < 4.78 is 0. The standard InChI is InChI=1S/C18H18N2O4/c1-12(18(22)14-8-4-3-5-9-14)17(19-13(2)21)15-10-6-7-11-16(15)20(23)24/h3-12,17H,1-2H3,(H,19,21)/t12-,17+/m1/s1. The summed E-state index contributed by atoms with van der Waals surface area (Å²) in [5.41, 5.74) is 0.692. The van der Waals surface area contributed by atoms with Gasteiger partial charge in [0.1, 0.15) is 0 Å². The number of nitro benzene ring substituents is 1. The summed E-state index contributed by atoms with van der Waals surface area (Å²) in [4.78, 5) is 35.1. The number of ketones is 1. The molecule has 1 N–H and O–H groups in total. The number of carbonyl (C=O) groups is 2. The molecule has 1 amide bonds. The second kappa shape index (κ2) is 7.50. The fraction of sp³-hybridized carbons (Fsp3) is 0.222. The van der Waals surface area contributed by atoms with Crippen molar-refractivity contribution in [1.82, 2.24) is 5.32 Å². The Bertz CT molecular complexity index is 759. The SMILES string of the molecule is CC(=O)N[C@H](c1ccccc1[N+](=O)[O-])[C@@H](C)C(=O)c1ccccc1. The van der Waals surface area contributed by atoms with Crippen LogP contribution < -0.4 is 5.32 Å². The Balaban J connectivity index is 2.44. The number of para-hydroxylation sites is 1. The van der Waals surface area contributed by atoms with Crippen molar-refractivity contribution in [3.05, 3.63) is 75.8 Å². The maximum atomic E-state index is 12.7. The van der Waals surface area contributed by atoms with Gasteiger partial charge in [0.2, 0.25) is 5.91 Å². The van der Waals surface area contributed by atoms with E-state index in [1.807, 2.05) is 0 Å². The molecule has 0 radical (unpaired) electrons. The lowest BCUT2D eigenvalue weighted by Crippen LogP contribution is -2.34. The zero-order chi connectivity index (χ0) is 17.7. The van der Waals surface area contributed by atoms with Crippen LogP contribution in [-0.4, -0.2) is 16.6 Å². The maximum Gasteiger partial charge on any atom is 0.274 e. The molecule has 0 aliphatic carbocycles. The number of benzene rings is 2. The number of hydrogen-bond donors (Lipinski definition) is 1. The van der Waals surface area contributed by atoms with E-state index in [2.05, 4.69) is 5.32 Å². The first-order valence-corrected chi connectivity index (χ1v) is 7.51. The number of rotatable bonds is 6. The Kier molecular flexibility index (Phi) is 5.42. The van der Waals surface area contributed by atoms with Crippen molar-refractivity contribution < 1.29 is 14.5 Å². The molecular formula is C18H18N2O4. The number of nitrogens with zero attached hydrogens (tertiary/aromatic N) is 1. The van der Waals surface area contributed by atoms with E-state index in [1.54, 1.807) is 55.5 Å². The molecule has 0 saturated carbocycles. The van der Waals surface area contributed by atoms with Crippen molar-refractivity contribution in [2.75, 3.05) is 0 Å². The molecule has 2 aromatic rings. The van der Waals surface area contributed by atoms with Crippen LogP contribution in [0.15, 0.2) is 54.6 Å². The molecule has 2 aromatic carbocycles. The Morgan fingerprint density at radius 3 is 2.21 bits per heavy atom. The van der Waals surface area contributed by atoms with Gasteiger partial charge in [-0.1, -0.05) is 55.5 Å². The van der Waals surface area contributed by atoms with Crippen LogP contribution in [0.5, 0.6) is 0 Å². The van der Waals surface area contributed by atoms with Crippen molar-refractivity contribution >= 4 is 17.4 Å². The van der Waals surface area contributed by atoms with Gasteiger partial charge in [0.05, 0.1) is 16.5 Å². The van der Waals surface area contributed by atoms with E-state index in [9.17, 15) is 19.7 Å². The first-order chi connectivity index (χ1) is 11.4. The first-order valence-electron chi connectivity index (χ1n) is 7.51. The van der Waals surface area contributed by atoms with Gasteiger partial charge in [-0.15, -0.1) is 0 Å². The number of carbonyl (C=O) groups excluding carboxylic acids is 2. The zero-order valence-corrected chi connectivity index (χ0v) is 13.4. The summed E-state index contributed by atoms with van der Waals surface area (Å²) in [6, 6.07) is 14.0. The third-order valence-corrected chi connectivity index (χ3v) is 3.80.